The number of aliphatic imine (C=N–C) groups is 1. The maximum absolute atomic E-state index is 12.0. The van der Waals surface area contributed by atoms with Gasteiger partial charge in [0, 0.05) is 29.3 Å². The van der Waals surface area contributed by atoms with Crippen molar-refractivity contribution in [3.05, 3.63) is 69.3 Å². The lowest BCUT2D eigenvalue weighted by molar-refractivity contribution is -0.384. The standard InChI is InChI=1S/C18H14N2O5/c1-10(21)16-17(19-11-4-3-5-13(8-11)25-2)14-7-6-12(20(23)24)9-15(14)18(16)22/h3-9,22H,1-2H3. The average Bonchev–Trinajstić information content (AvgIpc) is 2.87. The fourth-order valence-corrected chi connectivity index (χ4v) is 2.69. The first-order chi connectivity index (χ1) is 11.9. The van der Waals surface area contributed by atoms with Gasteiger partial charge in [0.2, 0.25) is 0 Å². The molecule has 1 N–H and O–H groups in total. The zero-order chi connectivity index (χ0) is 18.1. The van der Waals surface area contributed by atoms with Crippen molar-refractivity contribution in [1.29, 1.82) is 0 Å². The molecule has 2 aromatic rings. The normalized spacial score (nSPS) is 14.6. The van der Waals surface area contributed by atoms with Crippen molar-refractivity contribution in [2.75, 3.05) is 7.11 Å². The first-order valence-electron chi connectivity index (χ1n) is 7.39. The number of nitrogens with zero attached hydrogens (tertiary/aromatic N) is 2. The van der Waals surface area contributed by atoms with Gasteiger partial charge in [0.25, 0.3) is 5.69 Å². The highest BCUT2D eigenvalue weighted by molar-refractivity contribution is 6.36. The van der Waals surface area contributed by atoms with Crippen LogP contribution < -0.4 is 4.74 Å². The molecule has 25 heavy (non-hydrogen) atoms. The summed E-state index contributed by atoms with van der Waals surface area (Å²) >= 11 is 0. The van der Waals surface area contributed by atoms with Crippen molar-refractivity contribution >= 4 is 28.6 Å². The molecule has 0 bridgehead atoms. The summed E-state index contributed by atoms with van der Waals surface area (Å²) < 4.78 is 5.15. The summed E-state index contributed by atoms with van der Waals surface area (Å²) in [7, 11) is 1.53. The second-order valence-electron chi connectivity index (χ2n) is 5.43. The molecule has 0 saturated carbocycles. The van der Waals surface area contributed by atoms with Crippen molar-refractivity contribution in [2.45, 2.75) is 6.92 Å². The molecule has 126 valence electrons. The van der Waals surface area contributed by atoms with Crippen molar-refractivity contribution in [2.24, 2.45) is 4.99 Å². The highest BCUT2D eigenvalue weighted by Gasteiger charge is 2.32. The summed E-state index contributed by atoms with van der Waals surface area (Å²) in [6, 6.07) is 11.0. The van der Waals surface area contributed by atoms with Crippen LogP contribution in [-0.4, -0.2) is 28.6 Å². The maximum Gasteiger partial charge on any atom is 0.270 e. The summed E-state index contributed by atoms with van der Waals surface area (Å²) in [5, 5.41) is 21.4. The first-order valence-corrected chi connectivity index (χ1v) is 7.39. The molecule has 0 aliphatic heterocycles. The number of hydrogen-bond donors (Lipinski definition) is 1. The Morgan fingerprint density at radius 2 is 1.96 bits per heavy atom. The van der Waals surface area contributed by atoms with E-state index in [1.54, 1.807) is 24.3 Å². The SMILES string of the molecule is COc1cccc(N=C2C(C(C)=O)=C(O)c3cc([N+](=O)[O-])ccc32)c1. The number of hydrogen-bond acceptors (Lipinski definition) is 6. The van der Waals surface area contributed by atoms with Crippen LogP contribution in [0.1, 0.15) is 18.1 Å². The van der Waals surface area contributed by atoms with Gasteiger partial charge in [-0.1, -0.05) is 6.07 Å². The second kappa shape index (κ2) is 6.20. The lowest BCUT2D eigenvalue weighted by atomic mass is 10.0. The zero-order valence-corrected chi connectivity index (χ0v) is 13.5. The Morgan fingerprint density at radius 1 is 1.20 bits per heavy atom. The molecule has 7 nitrogen and oxygen atoms in total. The van der Waals surface area contributed by atoms with E-state index in [4.69, 9.17) is 4.74 Å². The number of carbonyl (C=O) groups excluding carboxylic acids is 1. The number of nitro groups is 1. The van der Waals surface area contributed by atoms with E-state index in [9.17, 15) is 20.0 Å². The molecule has 7 heteroatoms. The summed E-state index contributed by atoms with van der Waals surface area (Å²) in [5.41, 5.74) is 1.38. The van der Waals surface area contributed by atoms with Crippen molar-refractivity contribution in [3.8, 4) is 5.75 Å². The van der Waals surface area contributed by atoms with Crippen LogP contribution >= 0.6 is 0 Å². The number of fused-ring (bicyclic) bond motifs is 1. The number of aliphatic hydroxyl groups excluding tert-OH is 1. The molecule has 0 saturated heterocycles. The van der Waals surface area contributed by atoms with Gasteiger partial charge in [0.05, 0.1) is 29.0 Å². The van der Waals surface area contributed by atoms with Crippen LogP contribution in [0.25, 0.3) is 5.76 Å². The summed E-state index contributed by atoms with van der Waals surface area (Å²) in [5.74, 6) is -0.0767. The smallest absolute Gasteiger partial charge is 0.270 e. The van der Waals surface area contributed by atoms with Crippen molar-refractivity contribution in [1.82, 2.24) is 0 Å². The molecule has 1 aliphatic carbocycles. The largest absolute Gasteiger partial charge is 0.506 e. The molecular weight excluding hydrogens is 324 g/mol. The minimum absolute atomic E-state index is 0.0401. The number of Topliss-reactive ketones (excluding diaryl/α,β-unsaturated/α-hetero) is 1. The van der Waals surface area contributed by atoms with E-state index in [1.807, 2.05) is 0 Å². The Balaban J connectivity index is 2.21. The van der Waals surface area contributed by atoms with E-state index < -0.39 is 4.92 Å². The zero-order valence-electron chi connectivity index (χ0n) is 13.5. The van der Waals surface area contributed by atoms with Gasteiger partial charge in [0.15, 0.2) is 5.78 Å². The summed E-state index contributed by atoms with van der Waals surface area (Å²) in [4.78, 5) is 26.9. The minimum Gasteiger partial charge on any atom is -0.506 e. The van der Waals surface area contributed by atoms with Crippen molar-refractivity contribution in [3.63, 3.8) is 0 Å². The van der Waals surface area contributed by atoms with Crippen LogP contribution in [0, 0.1) is 10.1 Å². The van der Waals surface area contributed by atoms with Gasteiger partial charge in [-0.15, -0.1) is 0 Å². The molecule has 3 rings (SSSR count). The lowest BCUT2D eigenvalue weighted by Gasteiger charge is -2.05. The lowest BCUT2D eigenvalue weighted by Crippen LogP contribution is -2.08. The van der Waals surface area contributed by atoms with E-state index in [1.165, 1.54) is 32.2 Å². The predicted molar refractivity (Wildman–Crippen MR) is 92.5 cm³/mol. The van der Waals surface area contributed by atoms with Gasteiger partial charge in [-0.3, -0.25) is 14.9 Å². The second-order valence-corrected chi connectivity index (χ2v) is 5.43. The van der Waals surface area contributed by atoms with Gasteiger partial charge >= 0.3 is 0 Å². The Kier molecular flexibility index (Phi) is 4.06. The van der Waals surface area contributed by atoms with Gasteiger partial charge in [0.1, 0.15) is 11.5 Å². The fraction of sp³-hybridized carbons (Fsp3) is 0.111. The molecule has 0 atom stereocenters. The number of carbonyl (C=O) groups is 1. The molecule has 1 aliphatic rings. The number of benzene rings is 2. The van der Waals surface area contributed by atoms with Gasteiger partial charge in [-0.25, -0.2) is 4.99 Å². The van der Waals surface area contributed by atoms with E-state index in [2.05, 4.69) is 4.99 Å². The van der Waals surface area contributed by atoms with E-state index in [-0.39, 0.29) is 34.1 Å². The van der Waals surface area contributed by atoms with Crippen LogP contribution in [0.4, 0.5) is 11.4 Å². The molecule has 0 aromatic heterocycles. The molecule has 0 fully saturated rings. The molecular formula is C18H14N2O5. The monoisotopic (exact) mass is 338 g/mol. The van der Waals surface area contributed by atoms with Gasteiger partial charge in [-0.05, 0) is 25.1 Å². The Bertz CT molecular complexity index is 960. The summed E-state index contributed by atoms with van der Waals surface area (Å²) in [6.45, 7) is 1.31. The number of allylic oxidation sites excluding steroid dienone is 1. The third-order valence-electron chi connectivity index (χ3n) is 3.84. The maximum atomic E-state index is 12.0. The topological polar surface area (TPSA) is 102 Å². The number of ether oxygens (including phenoxy) is 1. The molecule has 0 unspecified atom stereocenters. The summed E-state index contributed by atoms with van der Waals surface area (Å²) in [6.07, 6.45) is 0. The number of aliphatic hydroxyl groups is 1. The number of nitro benzene ring substituents is 1. The predicted octanol–water partition coefficient (Wildman–Crippen LogP) is 3.60. The van der Waals surface area contributed by atoms with Crippen LogP contribution in [0.3, 0.4) is 0 Å². The van der Waals surface area contributed by atoms with Crippen LogP contribution in [0.5, 0.6) is 5.75 Å². The highest BCUT2D eigenvalue weighted by Crippen LogP contribution is 2.36. The Hall–Kier alpha value is -3.48. The van der Waals surface area contributed by atoms with Crippen LogP contribution in [-0.2, 0) is 4.79 Å². The third-order valence-corrected chi connectivity index (χ3v) is 3.84. The molecule has 0 amide bonds. The molecule has 0 spiro atoms. The Labute approximate surface area is 143 Å². The highest BCUT2D eigenvalue weighted by atomic mass is 16.6. The van der Waals surface area contributed by atoms with Gasteiger partial charge < -0.3 is 9.84 Å². The van der Waals surface area contributed by atoms with E-state index in [0.29, 0.717) is 17.0 Å². The van der Waals surface area contributed by atoms with E-state index >= 15 is 0 Å². The molecule has 2 aromatic carbocycles. The minimum atomic E-state index is -0.557. The van der Waals surface area contributed by atoms with E-state index in [0.717, 1.165) is 0 Å². The molecule has 0 radical (unpaired) electrons. The Morgan fingerprint density at radius 3 is 2.60 bits per heavy atom. The first kappa shape index (κ1) is 16.4. The number of non-ortho nitro benzene ring substituents is 1. The van der Waals surface area contributed by atoms with Crippen LogP contribution in [0.2, 0.25) is 0 Å². The average molecular weight is 338 g/mol. The van der Waals surface area contributed by atoms with Crippen LogP contribution in [0.15, 0.2) is 53.0 Å². The third kappa shape index (κ3) is 2.87. The number of rotatable bonds is 4. The van der Waals surface area contributed by atoms with Gasteiger partial charge in [-0.2, -0.15) is 0 Å². The number of ketones is 1. The molecule has 0 heterocycles. The quantitative estimate of drug-likeness (QED) is 0.678. The number of methoxy groups -OCH3 is 1. The fourth-order valence-electron chi connectivity index (χ4n) is 2.69. The van der Waals surface area contributed by atoms with Crippen molar-refractivity contribution < 1.29 is 19.6 Å².